The fourth-order valence-corrected chi connectivity index (χ4v) is 5.77. The fourth-order valence-electron chi connectivity index (χ4n) is 3.36. The largest absolute Gasteiger partial charge is 0.296 e. The van der Waals surface area contributed by atoms with Crippen molar-refractivity contribution in [2.45, 2.75) is 22.3 Å². The highest BCUT2D eigenvalue weighted by Crippen LogP contribution is 2.32. The minimum absolute atomic E-state index is 0.123. The van der Waals surface area contributed by atoms with Crippen molar-refractivity contribution in [2.24, 2.45) is 0 Å². The molecule has 0 atom stereocenters. The summed E-state index contributed by atoms with van der Waals surface area (Å²) in [6, 6.07) is 16.5. The summed E-state index contributed by atoms with van der Waals surface area (Å²) >= 11 is 13.9. The third-order valence-corrected chi connectivity index (χ3v) is 8.12. The van der Waals surface area contributed by atoms with Crippen LogP contribution in [0, 0.1) is 20.2 Å². The average molecular weight is 595 g/mol. The number of nitro benzene ring substituents is 2. The molecule has 0 spiro atoms. The first-order valence-electron chi connectivity index (χ1n) is 10.6. The number of rotatable bonds is 10. The standard InChI is InChI=1S/C22H16Cl2N6O6S2/c23-15-6-8-17(24)18(10-15)28-21(26-27-22(28)37-13-14-4-2-1-3-5-14)12-25-38(35,36)20-9-7-16(29(31)32)11-19(20)30(33)34/h1-11,25H,12-13H2. The molecule has 0 radical (unpaired) electrons. The van der Waals surface area contributed by atoms with Crippen LogP contribution in [-0.4, -0.2) is 33.0 Å². The molecule has 0 saturated heterocycles. The molecule has 1 aromatic heterocycles. The van der Waals surface area contributed by atoms with E-state index in [4.69, 9.17) is 23.2 Å². The Morgan fingerprint density at radius 1 is 0.947 bits per heavy atom. The van der Waals surface area contributed by atoms with Crippen LogP contribution in [-0.2, 0) is 22.3 Å². The highest BCUT2D eigenvalue weighted by molar-refractivity contribution is 7.98. The first kappa shape index (κ1) is 27.5. The lowest BCUT2D eigenvalue weighted by molar-refractivity contribution is -0.396. The summed E-state index contributed by atoms with van der Waals surface area (Å²) in [5, 5.41) is 31.8. The molecule has 4 rings (SSSR count). The van der Waals surface area contributed by atoms with Gasteiger partial charge in [0.1, 0.15) is 0 Å². The van der Waals surface area contributed by atoms with Crippen LogP contribution < -0.4 is 4.72 Å². The first-order valence-corrected chi connectivity index (χ1v) is 13.8. The van der Waals surface area contributed by atoms with Gasteiger partial charge in [0.05, 0.1) is 33.2 Å². The number of non-ortho nitro benzene ring substituents is 1. The summed E-state index contributed by atoms with van der Waals surface area (Å²) in [6.45, 7) is -0.432. The predicted octanol–water partition coefficient (Wildman–Crippen LogP) is 5.16. The molecular weight excluding hydrogens is 579 g/mol. The molecule has 38 heavy (non-hydrogen) atoms. The van der Waals surface area contributed by atoms with Gasteiger partial charge in [-0.25, -0.2) is 13.1 Å². The molecular formula is C22H16Cl2N6O6S2. The van der Waals surface area contributed by atoms with E-state index in [1.54, 1.807) is 18.2 Å². The van der Waals surface area contributed by atoms with Gasteiger partial charge in [0.2, 0.25) is 10.0 Å². The average Bonchev–Trinajstić information content (AvgIpc) is 3.30. The van der Waals surface area contributed by atoms with E-state index in [2.05, 4.69) is 14.9 Å². The Morgan fingerprint density at radius 3 is 2.37 bits per heavy atom. The van der Waals surface area contributed by atoms with E-state index in [1.807, 2.05) is 30.3 Å². The van der Waals surface area contributed by atoms with E-state index in [0.29, 0.717) is 32.7 Å². The lowest BCUT2D eigenvalue weighted by Crippen LogP contribution is -2.25. The second kappa shape index (κ2) is 11.4. The minimum Gasteiger partial charge on any atom is -0.271 e. The molecule has 3 aromatic carbocycles. The van der Waals surface area contributed by atoms with Crippen molar-refractivity contribution in [1.29, 1.82) is 0 Å². The Balaban J connectivity index is 1.68. The van der Waals surface area contributed by atoms with Crippen LogP contribution in [0.25, 0.3) is 5.69 Å². The second-order valence-electron chi connectivity index (χ2n) is 7.60. The van der Waals surface area contributed by atoms with Crippen molar-refractivity contribution < 1.29 is 18.3 Å². The molecule has 1 heterocycles. The van der Waals surface area contributed by atoms with E-state index < -0.39 is 42.7 Å². The Hall–Kier alpha value is -3.56. The van der Waals surface area contributed by atoms with Gasteiger partial charge in [-0.15, -0.1) is 10.2 Å². The molecule has 0 bridgehead atoms. The minimum atomic E-state index is -4.50. The van der Waals surface area contributed by atoms with Crippen molar-refractivity contribution in [3.8, 4) is 5.69 Å². The maximum Gasteiger partial charge on any atom is 0.296 e. The molecule has 0 aliphatic carbocycles. The highest BCUT2D eigenvalue weighted by Gasteiger charge is 2.29. The van der Waals surface area contributed by atoms with E-state index in [1.165, 1.54) is 16.3 Å². The monoisotopic (exact) mass is 594 g/mol. The molecule has 0 aliphatic rings. The van der Waals surface area contributed by atoms with Crippen LogP contribution in [0.15, 0.2) is 76.8 Å². The SMILES string of the molecule is O=[N+]([O-])c1ccc(S(=O)(=O)NCc2nnc(SCc3ccccc3)n2-c2cc(Cl)ccc2Cl)c([N+](=O)[O-])c1. The topological polar surface area (TPSA) is 163 Å². The van der Waals surface area contributed by atoms with Gasteiger partial charge in [0.15, 0.2) is 15.9 Å². The van der Waals surface area contributed by atoms with Gasteiger partial charge in [0, 0.05) is 16.8 Å². The summed E-state index contributed by atoms with van der Waals surface area (Å²) in [7, 11) is -4.50. The predicted molar refractivity (Wildman–Crippen MR) is 141 cm³/mol. The van der Waals surface area contributed by atoms with Gasteiger partial charge in [-0.2, -0.15) is 0 Å². The summed E-state index contributed by atoms with van der Waals surface area (Å²) < 4.78 is 29.8. The summed E-state index contributed by atoms with van der Waals surface area (Å²) in [5.74, 6) is 0.649. The van der Waals surface area contributed by atoms with Gasteiger partial charge in [-0.1, -0.05) is 65.3 Å². The number of hydrogen-bond donors (Lipinski definition) is 1. The van der Waals surface area contributed by atoms with Gasteiger partial charge in [-0.3, -0.25) is 24.8 Å². The van der Waals surface area contributed by atoms with Gasteiger partial charge < -0.3 is 0 Å². The van der Waals surface area contributed by atoms with Gasteiger partial charge in [0.25, 0.3) is 11.4 Å². The van der Waals surface area contributed by atoms with E-state index in [0.717, 1.165) is 17.7 Å². The quantitative estimate of drug-likeness (QED) is 0.148. The Kier molecular flexibility index (Phi) is 8.28. The fraction of sp³-hybridized carbons (Fsp3) is 0.0909. The Labute approximate surface area is 230 Å². The highest BCUT2D eigenvalue weighted by atomic mass is 35.5. The van der Waals surface area contributed by atoms with Crippen LogP contribution in [0.2, 0.25) is 10.0 Å². The number of sulfonamides is 1. The van der Waals surface area contributed by atoms with E-state index in [9.17, 15) is 28.6 Å². The first-order chi connectivity index (χ1) is 18.1. The molecule has 4 aromatic rings. The number of nitrogens with zero attached hydrogens (tertiary/aromatic N) is 5. The van der Waals surface area contributed by atoms with Crippen molar-refractivity contribution in [1.82, 2.24) is 19.5 Å². The van der Waals surface area contributed by atoms with Gasteiger partial charge >= 0.3 is 0 Å². The number of benzene rings is 3. The number of nitro groups is 2. The van der Waals surface area contributed by atoms with Crippen LogP contribution in [0.5, 0.6) is 0 Å². The second-order valence-corrected chi connectivity index (χ2v) is 11.1. The van der Waals surface area contributed by atoms with E-state index in [-0.39, 0.29) is 5.82 Å². The lowest BCUT2D eigenvalue weighted by atomic mass is 10.2. The van der Waals surface area contributed by atoms with Crippen LogP contribution in [0.1, 0.15) is 11.4 Å². The van der Waals surface area contributed by atoms with Crippen molar-refractivity contribution in [2.75, 3.05) is 0 Å². The molecule has 16 heteroatoms. The zero-order chi connectivity index (χ0) is 27.4. The van der Waals surface area contributed by atoms with Crippen molar-refractivity contribution in [3.05, 3.63) is 108 Å². The number of thioether (sulfide) groups is 1. The van der Waals surface area contributed by atoms with Crippen molar-refractivity contribution in [3.63, 3.8) is 0 Å². The lowest BCUT2D eigenvalue weighted by Gasteiger charge is -2.13. The smallest absolute Gasteiger partial charge is 0.271 e. The third kappa shape index (κ3) is 6.11. The van der Waals surface area contributed by atoms with Crippen LogP contribution in [0.4, 0.5) is 11.4 Å². The molecule has 0 aliphatic heterocycles. The van der Waals surface area contributed by atoms with Gasteiger partial charge in [-0.05, 0) is 29.8 Å². The maximum atomic E-state index is 13.0. The number of nitrogens with one attached hydrogen (secondary N) is 1. The number of aromatic nitrogens is 3. The summed E-state index contributed by atoms with van der Waals surface area (Å²) in [6.07, 6.45) is 0. The normalized spacial score (nSPS) is 11.4. The zero-order valence-corrected chi connectivity index (χ0v) is 22.2. The number of halogens is 2. The zero-order valence-electron chi connectivity index (χ0n) is 19.0. The molecule has 1 N–H and O–H groups in total. The summed E-state index contributed by atoms with van der Waals surface area (Å²) in [5.41, 5.74) is -0.150. The molecule has 0 unspecified atom stereocenters. The Bertz CT molecular complexity index is 1630. The number of hydrogen-bond acceptors (Lipinski definition) is 9. The molecule has 12 nitrogen and oxygen atoms in total. The van der Waals surface area contributed by atoms with Crippen LogP contribution >= 0.6 is 35.0 Å². The third-order valence-electron chi connectivity index (χ3n) is 5.12. The van der Waals surface area contributed by atoms with Crippen molar-refractivity contribution >= 4 is 56.4 Å². The molecule has 0 saturated carbocycles. The van der Waals surface area contributed by atoms with E-state index >= 15 is 0 Å². The molecule has 0 amide bonds. The molecule has 196 valence electrons. The summed E-state index contributed by atoms with van der Waals surface area (Å²) in [4.78, 5) is 19.8. The van der Waals surface area contributed by atoms with Crippen LogP contribution in [0.3, 0.4) is 0 Å². The molecule has 0 fully saturated rings. The Morgan fingerprint density at radius 2 is 1.68 bits per heavy atom. The maximum absolute atomic E-state index is 13.0.